The molecule has 3 aromatic rings. The van der Waals surface area contributed by atoms with E-state index in [4.69, 9.17) is 0 Å². The zero-order chi connectivity index (χ0) is 17.8. The third-order valence-corrected chi connectivity index (χ3v) is 4.18. The molecule has 0 saturated heterocycles. The fourth-order valence-electron chi connectivity index (χ4n) is 2.91. The van der Waals surface area contributed by atoms with Crippen molar-refractivity contribution in [2.45, 2.75) is 19.8 Å². The summed E-state index contributed by atoms with van der Waals surface area (Å²) in [7, 11) is 0. The Bertz CT molecular complexity index is 931. The van der Waals surface area contributed by atoms with Gasteiger partial charge < -0.3 is 10.3 Å². The molecule has 0 spiro atoms. The highest BCUT2D eigenvalue weighted by Gasteiger charge is 2.15. The molecule has 0 atom stereocenters. The Kier molecular flexibility index (Phi) is 4.79. The number of aromatic amines is 1. The number of fused-ring (bicyclic) bond motifs is 1. The van der Waals surface area contributed by atoms with Crippen LogP contribution in [0.5, 0.6) is 0 Å². The number of para-hydroxylation sites is 1. The molecule has 25 heavy (non-hydrogen) atoms. The lowest BCUT2D eigenvalue weighted by Crippen LogP contribution is -2.27. The van der Waals surface area contributed by atoms with Crippen LogP contribution in [-0.4, -0.2) is 22.4 Å². The van der Waals surface area contributed by atoms with E-state index in [1.807, 2.05) is 19.2 Å². The lowest BCUT2D eigenvalue weighted by Gasteiger charge is -2.06. The largest absolute Gasteiger partial charge is 0.361 e. The smallest absolute Gasteiger partial charge is 0.273 e. The molecule has 2 aromatic carbocycles. The molecule has 1 heterocycles. The number of carbonyl (C=O) groups is 1. The second kappa shape index (κ2) is 7.17. The summed E-state index contributed by atoms with van der Waals surface area (Å²) in [6.45, 7) is 2.53. The van der Waals surface area contributed by atoms with E-state index >= 15 is 0 Å². The minimum absolute atomic E-state index is 0.00411. The van der Waals surface area contributed by atoms with Gasteiger partial charge in [0.2, 0.25) is 5.91 Å². The molecule has 1 amide bonds. The molecule has 0 aliphatic heterocycles. The predicted molar refractivity (Wildman–Crippen MR) is 96.5 cm³/mol. The molecule has 2 N–H and O–H groups in total. The summed E-state index contributed by atoms with van der Waals surface area (Å²) in [5.74, 6) is -0.217. The van der Waals surface area contributed by atoms with Crippen LogP contribution < -0.4 is 5.32 Å². The van der Waals surface area contributed by atoms with E-state index in [-0.39, 0.29) is 18.0 Å². The number of hydrogen-bond acceptors (Lipinski definition) is 3. The first-order valence-electron chi connectivity index (χ1n) is 8.10. The summed E-state index contributed by atoms with van der Waals surface area (Å²) < 4.78 is 0. The SMILES string of the molecule is Cc1ccc2[nH]cc(CCNC(=O)Cc3ccccc3[N+](=O)[O-])c2c1. The van der Waals surface area contributed by atoms with Gasteiger partial charge in [-0.2, -0.15) is 0 Å². The van der Waals surface area contributed by atoms with E-state index < -0.39 is 4.92 Å². The molecule has 6 nitrogen and oxygen atoms in total. The normalized spacial score (nSPS) is 10.8. The highest BCUT2D eigenvalue weighted by Crippen LogP contribution is 2.20. The van der Waals surface area contributed by atoms with E-state index in [0.717, 1.165) is 16.5 Å². The Labute approximate surface area is 145 Å². The lowest BCUT2D eigenvalue weighted by molar-refractivity contribution is -0.385. The Morgan fingerprint density at radius 1 is 1.20 bits per heavy atom. The highest BCUT2D eigenvalue weighted by atomic mass is 16.6. The van der Waals surface area contributed by atoms with Gasteiger partial charge in [-0.25, -0.2) is 0 Å². The molecule has 0 aliphatic carbocycles. The Hall–Kier alpha value is -3.15. The average Bonchev–Trinajstić information content (AvgIpc) is 2.97. The van der Waals surface area contributed by atoms with E-state index in [1.165, 1.54) is 11.6 Å². The van der Waals surface area contributed by atoms with Gasteiger partial charge in [-0.05, 0) is 31.0 Å². The van der Waals surface area contributed by atoms with Crippen LogP contribution in [0.1, 0.15) is 16.7 Å². The van der Waals surface area contributed by atoms with E-state index in [1.54, 1.807) is 18.2 Å². The predicted octanol–water partition coefficient (Wildman–Crippen LogP) is 3.29. The third-order valence-electron chi connectivity index (χ3n) is 4.18. The maximum atomic E-state index is 12.1. The number of aromatic nitrogens is 1. The molecule has 0 radical (unpaired) electrons. The van der Waals surface area contributed by atoms with Gasteiger partial charge in [0.15, 0.2) is 0 Å². The minimum Gasteiger partial charge on any atom is -0.361 e. The first-order chi connectivity index (χ1) is 12.0. The third kappa shape index (κ3) is 3.85. The second-order valence-corrected chi connectivity index (χ2v) is 6.03. The second-order valence-electron chi connectivity index (χ2n) is 6.03. The number of benzene rings is 2. The van der Waals surface area contributed by atoms with E-state index in [0.29, 0.717) is 18.5 Å². The van der Waals surface area contributed by atoms with Crippen LogP contribution >= 0.6 is 0 Å². The van der Waals surface area contributed by atoms with Crippen LogP contribution in [0.4, 0.5) is 5.69 Å². The number of nitrogens with zero attached hydrogens (tertiary/aromatic N) is 1. The minimum atomic E-state index is -0.461. The van der Waals surface area contributed by atoms with Gasteiger partial charge in [0, 0.05) is 35.3 Å². The Morgan fingerprint density at radius 2 is 2.00 bits per heavy atom. The van der Waals surface area contributed by atoms with Crippen molar-refractivity contribution in [3.05, 3.63) is 75.5 Å². The number of rotatable bonds is 6. The van der Waals surface area contributed by atoms with E-state index in [9.17, 15) is 14.9 Å². The maximum absolute atomic E-state index is 12.1. The zero-order valence-corrected chi connectivity index (χ0v) is 13.9. The first-order valence-corrected chi connectivity index (χ1v) is 8.10. The topological polar surface area (TPSA) is 88.0 Å². The number of hydrogen-bond donors (Lipinski definition) is 2. The molecule has 128 valence electrons. The molecule has 3 rings (SSSR count). The highest BCUT2D eigenvalue weighted by molar-refractivity contribution is 5.84. The van der Waals surface area contributed by atoms with E-state index in [2.05, 4.69) is 22.4 Å². The number of nitrogens with one attached hydrogen (secondary N) is 2. The summed E-state index contributed by atoms with van der Waals surface area (Å²) in [4.78, 5) is 25.9. The van der Waals surface area contributed by atoms with Crippen LogP contribution in [0.3, 0.4) is 0 Å². The van der Waals surface area contributed by atoms with Gasteiger partial charge >= 0.3 is 0 Å². The van der Waals surface area contributed by atoms with Crippen molar-refractivity contribution in [2.24, 2.45) is 0 Å². The molecule has 0 saturated carbocycles. The van der Waals surface area contributed by atoms with Crippen molar-refractivity contribution < 1.29 is 9.72 Å². The molecule has 0 aliphatic rings. The summed E-state index contributed by atoms with van der Waals surface area (Å²) in [6, 6.07) is 12.5. The number of nitro groups is 1. The molecule has 6 heteroatoms. The van der Waals surface area contributed by atoms with Crippen molar-refractivity contribution in [3.63, 3.8) is 0 Å². The molecular weight excluding hydrogens is 318 g/mol. The van der Waals surface area contributed by atoms with Gasteiger partial charge in [0.1, 0.15) is 0 Å². The Morgan fingerprint density at radius 3 is 2.80 bits per heavy atom. The van der Waals surface area contributed by atoms with Crippen LogP contribution in [0.15, 0.2) is 48.7 Å². The summed E-state index contributed by atoms with van der Waals surface area (Å²) in [5, 5.41) is 15.0. The molecule has 0 bridgehead atoms. The van der Waals surface area contributed by atoms with Gasteiger partial charge in [0.05, 0.1) is 11.3 Å². The quantitative estimate of drug-likeness (QED) is 0.534. The van der Waals surface area contributed by atoms with Crippen LogP contribution in [0, 0.1) is 17.0 Å². The molecular formula is C19H19N3O3. The van der Waals surface area contributed by atoms with Gasteiger partial charge in [-0.3, -0.25) is 14.9 Å². The molecule has 1 aromatic heterocycles. The van der Waals surface area contributed by atoms with Crippen LogP contribution in [0.25, 0.3) is 10.9 Å². The molecule has 0 fully saturated rings. The number of carbonyl (C=O) groups excluding carboxylic acids is 1. The zero-order valence-electron chi connectivity index (χ0n) is 13.9. The van der Waals surface area contributed by atoms with Gasteiger partial charge in [-0.15, -0.1) is 0 Å². The van der Waals surface area contributed by atoms with Crippen molar-refractivity contribution in [1.29, 1.82) is 0 Å². The Balaban J connectivity index is 1.59. The number of nitro benzene ring substituents is 1. The van der Waals surface area contributed by atoms with Gasteiger partial charge in [0.25, 0.3) is 5.69 Å². The van der Waals surface area contributed by atoms with Crippen molar-refractivity contribution >= 4 is 22.5 Å². The first kappa shape index (κ1) is 16.7. The summed E-state index contributed by atoms with van der Waals surface area (Å²) in [6.07, 6.45) is 2.66. The van der Waals surface area contributed by atoms with Crippen molar-refractivity contribution in [1.82, 2.24) is 10.3 Å². The fraction of sp³-hybridized carbons (Fsp3) is 0.211. The fourth-order valence-corrected chi connectivity index (χ4v) is 2.91. The number of amides is 1. The standard InChI is InChI=1S/C19H19N3O3/c1-13-6-7-17-16(10-13)15(12-21-17)8-9-20-19(23)11-14-4-2-3-5-18(14)22(24)25/h2-7,10,12,21H,8-9,11H2,1H3,(H,20,23). The number of aryl methyl sites for hydroxylation is 1. The van der Waals surface area contributed by atoms with Crippen LogP contribution in [-0.2, 0) is 17.6 Å². The van der Waals surface area contributed by atoms with Crippen molar-refractivity contribution in [2.75, 3.05) is 6.54 Å². The molecule has 0 unspecified atom stereocenters. The summed E-state index contributed by atoms with van der Waals surface area (Å²) >= 11 is 0. The summed E-state index contributed by atoms with van der Waals surface area (Å²) in [5.41, 5.74) is 3.81. The van der Waals surface area contributed by atoms with Crippen molar-refractivity contribution in [3.8, 4) is 0 Å². The monoisotopic (exact) mass is 337 g/mol. The maximum Gasteiger partial charge on any atom is 0.273 e. The van der Waals surface area contributed by atoms with Crippen LogP contribution in [0.2, 0.25) is 0 Å². The number of H-pyrrole nitrogens is 1. The average molecular weight is 337 g/mol. The van der Waals surface area contributed by atoms with Gasteiger partial charge in [-0.1, -0.05) is 29.8 Å². The lowest BCUT2D eigenvalue weighted by atomic mass is 10.1.